The van der Waals surface area contributed by atoms with Gasteiger partial charge >= 0.3 is 55.7 Å². The van der Waals surface area contributed by atoms with Crippen molar-refractivity contribution in [1.29, 1.82) is 0 Å². The lowest BCUT2D eigenvalue weighted by atomic mass is 10.1. The summed E-state index contributed by atoms with van der Waals surface area (Å²) in [6.45, 7) is -7.16. The summed E-state index contributed by atoms with van der Waals surface area (Å²) < 4.78 is 203. The quantitative estimate of drug-likeness (QED) is 0.0500. The molecule has 6 aromatic rings. The van der Waals surface area contributed by atoms with Crippen molar-refractivity contribution in [1.82, 2.24) is 48.7 Å². The number of aromatic carboxylic acids is 1. The van der Waals surface area contributed by atoms with E-state index in [0.29, 0.717) is 10.7 Å². The van der Waals surface area contributed by atoms with E-state index < -0.39 is 126 Å². The van der Waals surface area contributed by atoms with Gasteiger partial charge in [0.05, 0.1) is 51.3 Å². The van der Waals surface area contributed by atoms with Crippen molar-refractivity contribution in [3.63, 3.8) is 0 Å². The van der Waals surface area contributed by atoms with Crippen LogP contribution in [-0.2, 0) is 36.5 Å². The van der Waals surface area contributed by atoms with Crippen LogP contribution in [0.4, 0.5) is 66.7 Å². The molecule has 3 heterocycles. The van der Waals surface area contributed by atoms with E-state index in [1.54, 1.807) is 10.0 Å². The number of amides is 4. The first kappa shape index (κ1) is 65.2. The van der Waals surface area contributed by atoms with E-state index in [1.165, 1.54) is 62.1 Å². The van der Waals surface area contributed by atoms with Gasteiger partial charge in [-0.2, -0.15) is 69.1 Å². The molecule has 0 saturated heterocycles. The Bertz CT molecular complexity index is 3670. The van der Waals surface area contributed by atoms with Gasteiger partial charge in [0.15, 0.2) is 0 Å². The lowest BCUT2D eigenvalue weighted by Gasteiger charge is -2.13. The van der Waals surface area contributed by atoms with E-state index in [4.69, 9.17) is 33.0 Å². The van der Waals surface area contributed by atoms with Gasteiger partial charge in [-0.3, -0.25) is 15.4 Å². The second-order valence-electron chi connectivity index (χ2n) is 15.0. The molecule has 4 amide bonds. The minimum absolute atomic E-state index is 0.0257. The van der Waals surface area contributed by atoms with Gasteiger partial charge in [0.1, 0.15) is 16.5 Å². The normalized spacial score (nSPS) is 11.6. The van der Waals surface area contributed by atoms with Crippen LogP contribution in [-0.4, -0.2) is 120 Å². The molecule has 0 bridgehead atoms. The van der Waals surface area contributed by atoms with Crippen molar-refractivity contribution < 1.29 is 98.5 Å². The largest absolute Gasteiger partial charge is 0.478 e. The highest BCUT2D eigenvalue weighted by atomic mass is 35.5. The average Bonchev–Trinajstić information content (AvgIpc) is 3.64. The van der Waals surface area contributed by atoms with E-state index in [2.05, 4.69) is 49.5 Å². The number of nitrogens with zero attached hydrogens (tertiary/aromatic N) is 8. The van der Waals surface area contributed by atoms with Gasteiger partial charge in [-0.05, 0) is 56.2 Å². The predicted octanol–water partition coefficient (Wildman–Crippen LogP) is 6.50. The number of halogens is 11. The second kappa shape index (κ2) is 27.2. The number of aryl methyl sites for hydroxylation is 3. The molecule has 440 valence electrons. The standard InChI is InChI=1S/C15H16F3N5O4S.C14H10F4N4O7S.C11H10Cl2F2N4O3S/c1-9-19-12(22-14(20-9)27-2)21-13(24)23-28(25,26)11-6-4-3-5-10(11)7-8-15(16,17)18;15-11(16)28-8-5-9(29-12(17)18)20-13(19-8)21-14(25)22-30(26,27)7-4-2-1-3-6(7)10(23)24;1-5-16-19(11(20)18(5)10(14)15)9-4-8(17-23(2,21)22)6(12)3-7(9)13/h3-6H,7-8H2,1-2H3,(H2,19,20,21,22,23,24);1-5,11-12H,(H,23,24)(H2,19,20,21,22,25);3-4,10,17H,1-2H3. The van der Waals surface area contributed by atoms with Crippen molar-refractivity contribution in [2.75, 3.05) is 28.7 Å². The molecule has 41 heteroatoms. The summed E-state index contributed by atoms with van der Waals surface area (Å²) in [5.74, 6) is -4.73. The van der Waals surface area contributed by atoms with Crippen LogP contribution in [0.3, 0.4) is 0 Å². The molecule has 0 aliphatic carbocycles. The fourth-order valence-electron chi connectivity index (χ4n) is 5.94. The number of aromatic nitrogens is 8. The average molecular weight is 1260 g/mol. The number of carbonyl (C=O) groups excluding carboxylic acids is 2. The molecule has 0 aliphatic rings. The number of hydrogen-bond acceptors (Lipinski definition) is 19. The number of alkyl halides is 9. The van der Waals surface area contributed by atoms with E-state index in [9.17, 15) is 83.9 Å². The molecule has 0 aliphatic heterocycles. The summed E-state index contributed by atoms with van der Waals surface area (Å²) >= 11 is 11.8. The molecule has 0 unspecified atom stereocenters. The Morgan fingerprint density at radius 1 is 0.728 bits per heavy atom. The van der Waals surface area contributed by atoms with E-state index in [-0.39, 0.29) is 55.2 Å². The Morgan fingerprint density at radius 3 is 1.74 bits per heavy atom. The van der Waals surface area contributed by atoms with E-state index in [0.717, 1.165) is 30.5 Å². The maximum absolute atomic E-state index is 12.8. The fraction of sp³-hybridized carbons (Fsp3) is 0.250. The van der Waals surface area contributed by atoms with Crippen molar-refractivity contribution in [2.45, 2.75) is 62.4 Å². The van der Waals surface area contributed by atoms with Crippen molar-refractivity contribution in [3.8, 4) is 23.5 Å². The van der Waals surface area contributed by atoms with Crippen LogP contribution >= 0.6 is 23.2 Å². The van der Waals surface area contributed by atoms with Gasteiger partial charge in [0.2, 0.25) is 33.7 Å². The number of hydrogen-bond donors (Lipinski definition) is 6. The highest BCUT2D eigenvalue weighted by molar-refractivity contribution is 7.92. The number of rotatable bonds is 18. The van der Waals surface area contributed by atoms with E-state index >= 15 is 0 Å². The number of carbonyl (C=O) groups is 3. The molecule has 3 aromatic carbocycles. The fourth-order valence-corrected chi connectivity index (χ4v) is 9.36. The summed E-state index contributed by atoms with van der Waals surface area (Å²) in [6.07, 6.45) is -5.29. The lowest BCUT2D eigenvalue weighted by Crippen LogP contribution is -2.35. The smallest absolute Gasteiger partial charge is 0.389 e. The minimum atomic E-state index is -4.71. The van der Waals surface area contributed by atoms with Crippen LogP contribution in [0.2, 0.25) is 10.0 Å². The molecule has 0 fully saturated rings. The van der Waals surface area contributed by atoms with Gasteiger partial charge in [-0.25, -0.2) is 58.4 Å². The number of sulfonamides is 3. The zero-order valence-electron chi connectivity index (χ0n) is 40.7. The van der Waals surface area contributed by atoms with Crippen LogP contribution in [0.15, 0.2) is 81.3 Å². The number of carboxylic acids is 1. The maximum Gasteiger partial charge on any atom is 0.389 e. The van der Waals surface area contributed by atoms with Gasteiger partial charge in [-0.15, -0.1) is 5.10 Å². The third-order valence-electron chi connectivity index (χ3n) is 9.00. The first-order valence-electron chi connectivity index (χ1n) is 21.1. The van der Waals surface area contributed by atoms with Crippen molar-refractivity contribution in [3.05, 3.63) is 110 Å². The molecular weight excluding hydrogens is 1220 g/mol. The van der Waals surface area contributed by atoms with Crippen LogP contribution in [0.25, 0.3) is 5.69 Å². The summed E-state index contributed by atoms with van der Waals surface area (Å²) in [7, 11) is -11.5. The molecule has 0 radical (unpaired) electrons. The van der Waals surface area contributed by atoms with Gasteiger partial charge in [0.25, 0.3) is 20.0 Å². The molecular formula is C40H36Cl2F9N13O14S3. The second-order valence-corrected chi connectivity index (χ2v) is 20.9. The molecule has 81 heavy (non-hydrogen) atoms. The number of ether oxygens (including phenoxy) is 3. The molecule has 0 atom stereocenters. The number of carboxylic acid groups (broad SMARTS) is 1. The Labute approximate surface area is 459 Å². The van der Waals surface area contributed by atoms with Gasteiger partial charge in [0, 0.05) is 6.42 Å². The van der Waals surface area contributed by atoms with Crippen LogP contribution < -0.4 is 44.7 Å². The van der Waals surface area contributed by atoms with Gasteiger partial charge < -0.3 is 19.3 Å². The topological polar surface area (TPSA) is 366 Å². The molecule has 0 saturated carbocycles. The predicted molar refractivity (Wildman–Crippen MR) is 262 cm³/mol. The summed E-state index contributed by atoms with van der Waals surface area (Å²) in [4.78, 5) is 63.8. The molecule has 6 rings (SSSR count). The summed E-state index contributed by atoms with van der Waals surface area (Å²) in [6, 6.07) is 9.35. The lowest BCUT2D eigenvalue weighted by molar-refractivity contribution is -0.134. The van der Waals surface area contributed by atoms with Crippen molar-refractivity contribution in [2.24, 2.45) is 0 Å². The Kier molecular flexibility index (Phi) is 21.9. The molecule has 3 aromatic heterocycles. The third-order valence-corrected chi connectivity index (χ3v) is 13.0. The monoisotopic (exact) mass is 1260 g/mol. The van der Waals surface area contributed by atoms with E-state index in [1.807, 2.05) is 0 Å². The Balaban J connectivity index is 0.000000264. The number of benzene rings is 3. The van der Waals surface area contributed by atoms with Crippen LogP contribution in [0.5, 0.6) is 17.8 Å². The Morgan fingerprint density at radius 2 is 1.25 bits per heavy atom. The molecule has 6 N–H and O–H groups in total. The summed E-state index contributed by atoms with van der Waals surface area (Å²) in [5, 5.41) is 16.5. The number of urea groups is 2. The molecule has 0 spiro atoms. The third kappa shape index (κ3) is 19.8. The van der Waals surface area contributed by atoms with Crippen molar-refractivity contribution >= 4 is 88.9 Å². The first-order chi connectivity index (χ1) is 37.5. The zero-order valence-corrected chi connectivity index (χ0v) is 44.7. The zero-order chi connectivity index (χ0) is 60.9. The number of methoxy groups -OCH3 is 1. The highest BCUT2D eigenvalue weighted by Crippen LogP contribution is 2.32. The Hall–Kier alpha value is -8.30. The maximum atomic E-state index is 12.8. The minimum Gasteiger partial charge on any atom is -0.478 e. The number of nitrogens with one attached hydrogen (secondary N) is 5. The van der Waals surface area contributed by atoms with Crippen LogP contribution in [0, 0.1) is 13.8 Å². The number of anilines is 3. The van der Waals surface area contributed by atoms with Gasteiger partial charge in [-0.1, -0.05) is 53.5 Å². The summed E-state index contributed by atoms with van der Waals surface area (Å²) in [5.41, 5.74) is -1.99. The molecule has 27 nitrogen and oxygen atoms in total. The SMILES string of the molecule is COc1nc(C)nc(NC(=O)NS(=O)(=O)c2ccccc2CCC(F)(F)F)n1.Cc1nn(-c2cc(NS(C)(=O)=O)c(Cl)cc2Cl)c(=O)n1C(F)F.O=C(Nc1nc(OC(F)F)cc(OC(F)F)n1)NS(=O)(=O)c1ccccc1C(=O)O. The first-order valence-corrected chi connectivity index (χ1v) is 26.7. The van der Waals surface area contributed by atoms with Crippen LogP contribution in [0.1, 0.15) is 40.5 Å². The highest BCUT2D eigenvalue weighted by Gasteiger charge is 2.30.